The number of nitrogens with two attached hydrogens (primary N) is 1. The fraction of sp³-hybridized carbons (Fsp3) is 0.231. The predicted molar refractivity (Wildman–Crippen MR) is 65.8 cm³/mol. The lowest BCUT2D eigenvalue weighted by Gasteiger charge is -2.09. The zero-order valence-electron chi connectivity index (χ0n) is 9.36. The molecule has 0 radical (unpaired) electrons. The van der Waals surface area contributed by atoms with Crippen molar-refractivity contribution in [2.24, 2.45) is 5.84 Å². The van der Waals surface area contributed by atoms with Gasteiger partial charge in [-0.15, -0.1) is 6.58 Å². The van der Waals surface area contributed by atoms with Crippen molar-refractivity contribution in [3.8, 4) is 0 Å². The van der Waals surface area contributed by atoms with Crippen LogP contribution in [-0.2, 0) is 0 Å². The van der Waals surface area contributed by atoms with Crippen LogP contribution in [0.2, 0.25) is 0 Å². The van der Waals surface area contributed by atoms with Crippen LogP contribution in [0.3, 0.4) is 0 Å². The second-order valence-electron chi connectivity index (χ2n) is 3.89. The molecule has 0 bridgehead atoms. The molecule has 1 aromatic carbocycles. The summed E-state index contributed by atoms with van der Waals surface area (Å²) in [5, 5.41) is 1.11. The molecule has 3 nitrogen and oxygen atoms in total. The molecule has 0 aliphatic heterocycles. The fourth-order valence-corrected chi connectivity index (χ4v) is 1.83. The molecular formula is C13H16N2O. The number of para-hydroxylation sites is 1. The van der Waals surface area contributed by atoms with E-state index in [0.717, 1.165) is 28.7 Å². The molecule has 0 aliphatic rings. The molecule has 0 fully saturated rings. The van der Waals surface area contributed by atoms with E-state index in [1.54, 1.807) is 0 Å². The zero-order chi connectivity index (χ0) is 11.5. The van der Waals surface area contributed by atoms with Gasteiger partial charge in [0.1, 0.15) is 11.3 Å². The van der Waals surface area contributed by atoms with Crippen molar-refractivity contribution in [3.05, 3.63) is 48.2 Å². The molecular weight excluding hydrogens is 200 g/mol. The highest BCUT2D eigenvalue weighted by Gasteiger charge is 2.13. The number of benzene rings is 1. The Morgan fingerprint density at radius 2 is 2.38 bits per heavy atom. The maximum Gasteiger partial charge on any atom is 0.137 e. The molecule has 3 heteroatoms. The van der Waals surface area contributed by atoms with Crippen molar-refractivity contribution >= 4 is 11.0 Å². The van der Waals surface area contributed by atoms with Crippen molar-refractivity contribution < 1.29 is 4.42 Å². The molecule has 0 spiro atoms. The summed E-state index contributed by atoms with van der Waals surface area (Å²) in [7, 11) is 0. The SMILES string of the molecule is C=CCC(NN)c1cc2cccc(C)c2o1. The summed E-state index contributed by atoms with van der Waals surface area (Å²) in [6.07, 6.45) is 2.57. The lowest BCUT2D eigenvalue weighted by Crippen LogP contribution is -2.27. The highest BCUT2D eigenvalue weighted by atomic mass is 16.3. The molecule has 0 saturated carbocycles. The van der Waals surface area contributed by atoms with E-state index in [1.165, 1.54) is 0 Å². The Balaban J connectivity index is 2.45. The van der Waals surface area contributed by atoms with E-state index in [1.807, 2.05) is 37.3 Å². The molecule has 0 saturated heterocycles. The van der Waals surface area contributed by atoms with E-state index < -0.39 is 0 Å². The van der Waals surface area contributed by atoms with Crippen LogP contribution in [0.1, 0.15) is 23.8 Å². The van der Waals surface area contributed by atoms with Gasteiger partial charge in [-0.25, -0.2) is 5.43 Å². The molecule has 1 atom stereocenters. The van der Waals surface area contributed by atoms with Gasteiger partial charge in [-0.2, -0.15) is 0 Å². The van der Waals surface area contributed by atoms with Crippen LogP contribution in [0.15, 0.2) is 41.3 Å². The van der Waals surface area contributed by atoms with Gasteiger partial charge in [0.25, 0.3) is 0 Å². The van der Waals surface area contributed by atoms with Crippen molar-refractivity contribution in [2.75, 3.05) is 0 Å². The first-order chi connectivity index (χ1) is 7.76. The van der Waals surface area contributed by atoms with Crippen LogP contribution < -0.4 is 11.3 Å². The number of rotatable bonds is 4. The first kappa shape index (κ1) is 10.9. The van der Waals surface area contributed by atoms with Gasteiger partial charge in [0.2, 0.25) is 0 Å². The van der Waals surface area contributed by atoms with Crippen molar-refractivity contribution in [1.29, 1.82) is 0 Å². The van der Waals surface area contributed by atoms with Crippen LogP contribution >= 0.6 is 0 Å². The summed E-state index contributed by atoms with van der Waals surface area (Å²) >= 11 is 0. The average Bonchev–Trinajstić information content (AvgIpc) is 2.71. The maximum absolute atomic E-state index is 5.81. The first-order valence-electron chi connectivity index (χ1n) is 5.32. The van der Waals surface area contributed by atoms with Crippen LogP contribution in [0, 0.1) is 6.92 Å². The number of furan rings is 1. The van der Waals surface area contributed by atoms with Crippen LogP contribution in [-0.4, -0.2) is 0 Å². The minimum absolute atomic E-state index is 0.00991. The summed E-state index contributed by atoms with van der Waals surface area (Å²) in [6, 6.07) is 8.11. The summed E-state index contributed by atoms with van der Waals surface area (Å²) in [6.45, 7) is 5.74. The van der Waals surface area contributed by atoms with E-state index in [9.17, 15) is 0 Å². The van der Waals surface area contributed by atoms with Gasteiger partial charge >= 0.3 is 0 Å². The molecule has 84 valence electrons. The van der Waals surface area contributed by atoms with Gasteiger partial charge in [-0.05, 0) is 25.0 Å². The highest BCUT2D eigenvalue weighted by Crippen LogP contribution is 2.27. The highest BCUT2D eigenvalue weighted by molar-refractivity contribution is 5.80. The normalized spacial score (nSPS) is 12.9. The molecule has 2 rings (SSSR count). The average molecular weight is 216 g/mol. The van der Waals surface area contributed by atoms with Crippen molar-refractivity contribution in [2.45, 2.75) is 19.4 Å². The van der Waals surface area contributed by atoms with Crippen LogP contribution in [0.5, 0.6) is 0 Å². The lowest BCUT2D eigenvalue weighted by molar-refractivity contribution is 0.438. The van der Waals surface area contributed by atoms with E-state index in [-0.39, 0.29) is 6.04 Å². The van der Waals surface area contributed by atoms with Crippen molar-refractivity contribution in [1.82, 2.24) is 5.43 Å². The van der Waals surface area contributed by atoms with Crippen molar-refractivity contribution in [3.63, 3.8) is 0 Å². The quantitative estimate of drug-likeness (QED) is 0.469. The summed E-state index contributed by atoms with van der Waals surface area (Å²) < 4.78 is 5.81. The standard InChI is InChI=1S/C13H16N2O/c1-3-5-11(15-14)12-8-10-7-4-6-9(2)13(10)16-12/h3-4,6-8,11,15H,1,5,14H2,2H3. The van der Waals surface area contributed by atoms with Gasteiger partial charge in [-0.1, -0.05) is 24.3 Å². The molecule has 0 amide bonds. The van der Waals surface area contributed by atoms with Gasteiger partial charge in [0, 0.05) is 5.39 Å². The number of aryl methyl sites for hydroxylation is 1. The number of fused-ring (bicyclic) bond motifs is 1. The Morgan fingerprint density at radius 1 is 1.56 bits per heavy atom. The number of hydrogen-bond acceptors (Lipinski definition) is 3. The Morgan fingerprint density at radius 3 is 3.00 bits per heavy atom. The predicted octanol–water partition coefficient (Wildman–Crippen LogP) is 2.82. The summed E-state index contributed by atoms with van der Waals surface area (Å²) in [4.78, 5) is 0. The van der Waals surface area contributed by atoms with E-state index in [0.29, 0.717) is 0 Å². The largest absolute Gasteiger partial charge is 0.459 e. The maximum atomic E-state index is 5.81. The Labute approximate surface area is 94.9 Å². The second kappa shape index (κ2) is 4.51. The van der Waals surface area contributed by atoms with E-state index in [4.69, 9.17) is 10.3 Å². The van der Waals surface area contributed by atoms with Gasteiger partial charge in [0.15, 0.2) is 0 Å². The summed E-state index contributed by atoms with van der Waals surface area (Å²) in [5.41, 5.74) is 4.80. The monoisotopic (exact) mass is 216 g/mol. The van der Waals surface area contributed by atoms with Crippen LogP contribution in [0.4, 0.5) is 0 Å². The van der Waals surface area contributed by atoms with Gasteiger partial charge in [0.05, 0.1) is 6.04 Å². The molecule has 2 aromatic rings. The number of hydrogen-bond donors (Lipinski definition) is 2. The zero-order valence-corrected chi connectivity index (χ0v) is 9.36. The third-order valence-corrected chi connectivity index (χ3v) is 2.71. The molecule has 1 unspecified atom stereocenters. The van der Waals surface area contributed by atoms with Crippen LogP contribution in [0.25, 0.3) is 11.0 Å². The Hall–Kier alpha value is -1.58. The second-order valence-corrected chi connectivity index (χ2v) is 3.89. The molecule has 3 N–H and O–H groups in total. The Bertz CT molecular complexity index is 502. The van der Waals surface area contributed by atoms with Gasteiger partial charge < -0.3 is 4.42 Å². The smallest absolute Gasteiger partial charge is 0.137 e. The van der Waals surface area contributed by atoms with E-state index >= 15 is 0 Å². The fourth-order valence-electron chi connectivity index (χ4n) is 1.83. The number of nitrogens with one attached hydrogen (secondary N) is 1. The molecule has 0 aliphatic carbocycles. The Kier molecular flexibility index (Phi) is 3.08. The first-order valence-corrected chi connectivity index (χ1v) is 5.32. The molecule has 1 aromatic heterocycles. The summed E-state index contributed by atoms with van der Waals surface area (Å²) in [5.74, 6) is 6.35. The van der Waals surface area contributed by atoms with E-state index in [2.05, 4.69) is 12.0 Å². The minimum atomic E-state index is -0.00991. The number of hydrazine groups is 1. The third-order valence-electron chi connectivity index (χ3n) is 2.71. The molecule has 16 heavy (non-hydrogen) atoms. The minimum Gasteiger partial charge on any atom is -0.459 e. The topological polar surface area (TPSA) is 51.2 Å². The van der Waals surface area contributed by atoms with Gasteiger partial charge in [-0.3, -0.25) is 5.84 Å². The lowest BCUT2D eigenvalue weighted by atomic mass is 10.1. The molecule has 1 heterocycles. The third kappa shape index (κ3) is 1.87.